The lowest BCUT2D eigenvalue weighted by Crippen LogP contribution is -2.47. The summed E-state index contributed by atoms with van der Waals surface area (Å²) in [5.74, 6) is -8.68. The topological polar surface area (TPSA) is 57.6 Å². The fraction of sp³-hybridized carbons (Fsp3) is 0.385. The van der Waals surface area contributed by atoms with E-state index in [1.807, 2.05) is 0 Å². The molecule has 1 atom stereocenters. The van der Waals surface area contributed by atoms with Crippen LogP contribution >= 0.6 is 0 Å². The maximum Gasteiger partial charge on any atom is 0.384 e. The Kier molecular flexibility index (Phi) is 3.89. The minimum atomic E-state index is -4.80. The minimum Gasteiger partial charge on any atom is -0.481 e. The van der Waals surface area contributed by atoms with E-state index in [0.717, 1.165) is 0 Å². The van der Waals surface area contributed by atoms with E-state index in [9.17, 15) is 27.2 Å². The third kappa shape index (κ3) is 2.70. The number of hydrogen-bond donors (Lipinski definition) is 1. The molecule has 114 valence electrons. The van der Waals surface area contributed by atoms with Crippen molar-refractivity contribution in [1.82, 2.24) is 0 Å². The maximum absolute atomic E-state index is 13.2. The molecule has 1 aromatic carbocycles. The largest absolute Gasteiger partial charge is 0.481 e. The van der Waals surface area contributed by atoms with Crippen LogP contribution in [-0.2, 0) is 9.59 Å². The Hall–Kier alpha value is -2.12. The van der Waals surface area contributed by atoms with Crippen molar-refractivity contribution in [2.45, 2.75) is 24.7 Å². The van der Waals surface area contributed by atoms with Gasteiger partial charge in [-0.1, -0.05) is 18.2 Å². The lowest BCUT2D eigenvalue weighted by molar-refractivity contribution is -0.166. The molecule has 0 radical (unpaired) electrons. The third-order valence-corrected chi connectivity index (χ3v) is 3.30. The van der Waals surface area contributed by atoms with Crippen molar-refractivity contribution < 1.29 is 32.3 Å². The van der Waals surface area contributed by atoms with E-state index < -0.39 is 30.1 Å². The van der Waals surface area contributed by atoms with E-state index >= 15 is 0 Å². The number of alkyl halides is 4. The summed E-state index contributed by atoms with van der Waals surface area (Å²) in [6.07, 6.45) is -4.49. The molecule has 1 aromatic rings. The van der Waals surface area contributed by atoms with E-state index in [1.54, 1.807) is 6.07 Å². The lowest BCUT2D eigenvalue weighted by atomic mass is 9.98. The number of anilines is 1. The molecule has 1 N–H and O–H groups in total. The van der Waals surface area contributed by atoms with Crippen molar-refractivity contribution in [1.29, 1.82) is 0 Å². The van der Waals surface area contributed by atoms with Gasteiger partial charge in [0.05, 0.1) is 6.42 Å². The molecule has 21 heavy (non-hydrogen) atoms. The number of para-hydroxylation sites is 1. The average Bonchev–Trinajstić information content (AvgIpc) is 2.76. The SMILES string of the molecule is O=C(O)CC1CN(C(=O)C(F)(F)C(F)F)c2ccccc21. The first-order valence-corrected chi connectivity index (χ1v) is 6.03. The molecule has 0 aromatic heterocycles. The van der Waals surface area contributed by atoms with Gasteiger partial charge in [-0.3, -0.25) is 9.59 Å². The van der Waals surface area contributed by atoms with Gasteiger partial charge in [0.1, 0.15) is 0 Å². The molecule has 0 spiro atoms. The van der Waals surface area contributed by atoms with E-state index in [-0.39, 0.29) is 18.7 Å². The number of carbonyl (C=O) groups is 2. The van der Waals surface area contributed by atoms with E-state index in [0.29, 0.717) is 10.5 Å². The molecule has 1 aliphatic heterocycles. The number of halogens is 4. The predicted octanol–water partition coefficient (Wildman–Crippen LogP) is 2.49. The molecular weight excluding hydrogens is 294 g/mol. The first kappa shape index (κ1) is 15.3. The Balaban J connectivity index is 2.35. The Labute approximate surface area is 117 Å². The smallest absolute Gasteiger partial charge is 0.384 e. The first-order chi connectivity index (χ1) is 9.75. The van der Waals surface area contributed by atoms with Crippen molar-refractivity contribution in [3.63, 3.8) is 0 Å². The number of aliphatic carboxylic acids is 1. The standard InChI is InChI=1S/C13H11F4NO3/c14-11(15)13(16,17)12(21)18-6-7(5-10(19)20)8-3-1-2-4-9(8)18/h1-4,7,11H,5-6H2,(H,19,20). The molecule has 1 heterocycles. The molecule has 0 fully saturated rings. The van der Waals surface area contributed by atoms with Gasteiger partial charge < -0.3 is 10.0 Å². The van der Waals surface area contributed by atoms with E-state index in [2.05, 4.69) is 0 Å². The Morgan fingerprint density at radius 2 is 1.95 bits per heavy atom. The summed E-state index contributed by atoms with van der Waals surface area (Å²) in [5.41, 5.74) is 0.437. The average molecular weight is 305 g/mol. The Bertz CT molecular complexity index is 576. The molecule has 1 aliphatic rings. The van der Waals surface area contributed by atoms with E-state index in [1.165, 1.54) is 18.2 Å². The number of carbonyl (C=O) groups excluding carboxylic acids is 1. The van der Waals surface area contributed by atoms with E-state index in [4.69, 9.17) is 5.11 Å². The molecule has 1 unspecified atom stereocenters. The van der Waals surface area contributed by atoms with Gasteiger partial charge in [0.2, 0.25) is 0 Å². The Morgan fingerprint density at radius 1 is 1.33 bits per heavy atom. The summed E-state index contributed by atoms with van der Waals surface area (Å²) in [4.78, 5) is 23.0. The Morgan fingerprint density at radius 3 is 2.52 bits per heavy atom. The highest BCUT2D eigenvalue weighted by Crippen LogP contribution is 2.40. The zero-order valence-electron chi connectivity index (χ0n) is 10.6. The maximum atomic E-state index is 13.2. The number of nitrogens with zero attached hydrogens (tertiary/aromatic N) is 1. The van der Waals surface area contributed by atoms with Gasteiger partial charge in [0, 0.05) is 18.2 Å². The predicted molar refractivity (Wildman–Crippen MR) is 64.7 cm³/mol. The van der Waals surface area contributed by atoms with Gasteiger partial charge in [-0.25, -0.2) is 8.78 Å². The minimum absolute atomic E-state index is 0.0501. The van der Waals surface area contributed by atoms with Crippen LogP contribution in [0.1, 0.15) is 17.9 Å². The molecule has 1 amide bonds. The highest BCUT2D eigenvalue weighted by molar-refractivity contribution is 6.00. The lowest BCUT2D eigenvalue weighted by Gasteiger charge is -2.23. The number of hydrogen-bond acceptors (Lipinski definition) is 2. The first-order valence-electron chi connectivity index (χ1n) is 6.03. The summed E-state index contributed by atoms with van der Waals surface area (Å²) in [5, 5.41) is 8.80. The number of rotatable bonds is 4. The van der Waals surface area contributed by atoms with Crippen LogP contribution in [0.4, 0.5) is 23.2 Å². The molecule has 8 heteroatoms. The molecule has 0 aliphatic carbocycles. The van der Waals surface area contributed by atoms with Crippen LogP contribution in [0.15, 0.2) is 24.3 Å². The van der Waals surface area contributed by atoms with Crippen molar-refractivity contribution in [3.8, 4) is 0 Å². The van der Waals surface area contributed by atoms with Gasteiger partial charge in [-0.15, -0.1) is 0 Å². The van der Waals surface area contributed by atoms with Gasteiger partial charge in [0.15, 0.2) is 0 Å². The molecule has 0 saturated heterocycles. The second-order valence-corrected chi connectivity index (χ2v) is 4.69. The summed E-state index contributed by atoms with van der Waals surface area (Å²) in [7, 11) is 0. The zero-order chi connectivity index (χ0) is 15.8. The number of amides is 1. The third-order valence-electron chi connectivity index (χ3n) is 3.30. The normalized spacial score (nSPS) is 18.0. The zero-order valence-corrected chi connectivity index (χ0v) is 10.6. The van der Waals surface area contributed by atoms with Crippen LogP contribution < -0.4 is 4.90 Å². The van der Waals surface area contributed by atoms with Gasteiger partial charge in [-0.05, 0) is 11.6 Å². The summed E-state index contributed by atoms with van der Waals surface area (Å²) in [6.45, 7) is -0.354. The van der Waals surface area contributed by atoms with Crippen LogP contribution in [-0.4, -0.2) is 35.9 Å². The molecule has 0 bridgehead atoms. The van der Waals surface area contributed by atoms with Crippen molar-refractivity contribution in [2.24, 2.45) is 0 Å². The fourth-order valence-electron chi connectivity index (χ4n) is 2.35. The molecular formula is C13H11F4NO3. The number of fused-ring (bicyclic) bond motifs is 1. The van der Waals surface area contributed by atoms with Gasteiger partial charge >= 0.3 is 24.2 Å². The van der Waals surface area contributed by atoms with Crippen molar-refractivity contribution in [2.75, 3.05) is 11.4 Å². The van der Waals surface area contributed by atoms with Crippen LogP contribution in [0.5, 0.6) is 0 Å². The highest BCUT2D eigenvalue weighted by Gasteiger charge is 2.53. The quantitative estimate of drug-likeness (QED) is 0.870. The van der Waals surface area contributed by atoms with Crippen LogP contribution in [0.2, 0.25) is 0 Å². The summed E-state index contributed by atoms with van der Waals surface area (Å²) in [6, 6.07) is 5.85. The van der Waals surface area contributed by atoms with Gasteiger partial charge in [0.25, 0.3) is 0 Å². The van der Waals surface area contributed by atoms with Crippen molar-refractivity contribution >= 4 is 17.6 Å². The second-order valence-electron chi connectivity index (χ2n) is 4.69. The highest BCUT2D eigenvalue weighted by atomic mass is 19.3. The van der Waals surface area contributed by atoms with Crippen molar-refractivity contribution in [3.05, 3.63) is 29.8 Å². The van der Waals surface area contributed by atoms with Crippen LogP contribution in [0.25, 0.3) is 0 Å². The summed E-state index contributed by atoms with van der Waals surface area (Å²) >= 11 is 0. The number of carboxylic acids is 1. The fourth-order valence-corrected chi connectivity index (χ4v) is 2.35. The monoisotopic (exact) mass is 305 g/mol. The summed E-state index contributed by atoms with van der Waals surface area (Å²) < 4.78 is 51.1. The second kappa shape index (κ2) is 5.34. The van der Waals surface area contributed by atoms with Crippen LogP contribution in [0, 0.1) is 0 Å². The van der Waals surface area contributed by atoms with Crippen LogP contribution in [0.3, 0.4) is 0 Å². The number of carboxylic acid groups (broad SMARTS) is 1. The number of benzene rings is 1. The molecule has 2 rings (SSSR count). The molecule has 0 saturated carbocycles. The van der Waals surface area contributed by atoms with Gasteiger partial charge in [-0.2, -0.15) is 8.78 Å². The molecule has 4 nitrogen and oxygen atoms in total.